The summed E-state index contributed by atoms with van der Waals surface area (Å²) in [5, 5.41) is 6.59. The van der Waals surface area contributed by atoms with Gasteiger partial charge in [-0.25, -0.2) is 0 Å². The van der Waals surface area contributed by atoms with Crippen LogP contribution in [-0.2, 0) is 12.8 Å². The molecule has 0 radical (unpaired) electrons. The average Bonchev–Trinajstić information content (AvgIpc) is 3.16. The second-order valence-electron chi connectivity index (χ2n) is 6.25. The predicted octanol–water partition coefficient (Wildman–Crippen LogP) is 3.26. The predicted molar refractivity (Wildman–Crippen MR) is 108 cm³/mol. The molecule has 0 saturated heterocycles. The number of nitrogens with one attached hydrogen (secondary N) is 2. The fraction of sp³-hybridized carbons (Fsp3) is 0.381. The Labute approximate surface area is 160 Å². The van der Waals surface area contributed by atoms with Crippen molar-refractivity contribution in [3.05, 3.63) is 47.5 Å². The molecule has 1 heterocycles. The third-order valence-electron chi connectivity index (χ3n) is 4.41. The van der Waals surface area contributed by atoms with Crippen LogP contribution in [0.4, 0.5) is 5.69 Å². The van der Waals surface area contributed by atoms with Gasteiger partial charge < -0.3 is 24.8 Å². The lowest BCUT2D eigenvalue weighted by Crippen LogP contribution is -2.30. The van der Waals surface area contributed by atoms with E-state index in [0.29, 0.717) is 18.0 Å². The maximum absolute atomic E-state index is 5.56. The van der Waals surface area contributed by atoms with Crippen LogP contribution in [0.5, 0.6) is 17.2 Å². The minimum Gasteiger partial charge on any atom is -0.493 e. The molecule has 0 saturated carbocycles. The van der Waals surface area contributed by atoms with Gasteiger partial charge in [-0.05, 0) is 42.7 Å². The van der Waals surface area contributed by atoms with Crippen LogP contribution in [0.15, 0.2) is 41.4 Å². The topological polar surface area (TPSA) is 64.1 Å². The summed E-state index contributed by atoms with van der Waals surface area (Å²) in [4.78, 5) is 4.69. The maximum atomic E-state index is 5.56. The van der Waals surface area contributed by atoms with Crippen molar-refractivity contribution in [1.29, 1.82) is 0 Å². The molecule has 1 aliphatic rings. The Morgan fingerprint density at radius 2 is 1.96 bits per heavy atom. The van der Waals surface area contributed by atoms with Crippen LogP contribution in [0.1, 0.15) is 18.1 Å². The van der Waals surface area contributed by atoms with Crippen molar-refractivity contribution in [1.82, 2.24) is 5.32 Å². The van der Waals surface area contributed by atoms with Crippen molar-refractivity contribution in [3.8, 4) is 17.2 Å². The first-order valence-corrected chi connectivity index (χ1v) is 9.25. The molecule has 0 atom stereocenters. The van der Waals surface area contributed by atoms with Crippen LogP contribution in [0.25, 0.3) is 0 Å². The average molecular weight is 369 g/mol. The summed E-state index contributed by atoms with van der Waals surface area (Å²) in [5.41, 5.74) is 3.47. The number of rotatable bonds is 7. The lowest BCUT2D eigenvalue weighted by molar-refractivity contribution is 0.355. The number of hydrogen-bond acceptors (Lipinski definition) is 4. The van der Waals surface area contributed by atoms with Crippen molar-refractivity contribution < 1.29 is 14.2 Å². The number of ether oxygens (including phenoxy) is 3. The van der Waals surface area contributed by atoms with E-state index in [1.807, 2.05) is 25.1 Å². The van der Waals surface area contributed by atoms with E-state index in [-0.39, 0.29) is 0 Å². The molecule has 0 aliphatic carbocycles. The summed E-state index contributed by atoms with van der Waals surface area (Å²) in [6.45, 7) is 4.32. The number of methoxy groups -OCH3 is 2. The molecule has 2 aromatic carbocycles. The Bertz CT molecular complexity index is 805. The Kier molecular flexibility index (Phi) is 6.41. The van der Waals surface area contributed by atoms with Crippen LogP contribution < -0.4 is 24.8 Å². The van der Waals surface area contributed by atoms with Gasteiger partial charge in [0, 0.05) is 31.3 Å². The van der Waals surface area contributed by atoms with Gasteiger partial charge in [-0.3, -0.25) is 4.99 Å². The Morgan fingerprint density at radius 3 is 2.74 bits per heavy atom. The third-order valence-corrected chi connectivity index (χ3v) is 4.41. The van der Waals surface area contributed by atoms with E-state index >= 15 is 0 Å². The zero-order valence-corrected chi connectivity index (χ0v) is 16.2. The summed E-state index contributed by atoms with van der Waals surface area (Å²) in [7, 11) is 3.25. The summed E-state index contributed by atoms with van der Waals surface area (Å²) in [6, 6.07) is 12.1. The molecule has 0 bridgehead atoms. The fourth-order valence-corrected chi connectivity index (χ4v) is 3.05. The summed E-state index contributed by atoms with van der Waals surface area (Å²) < 4.78 is 16.2. The monoisotopic (exact) mass is 369 g/mol. The Balaban J connectivity index is 1.64. The normalized spacial score (nSPS) is 12.9. The van der Waals surface area contributed by atoms with E-state index < -0.39 is 0 Å². The highest BCUT2D eigenvalue weighted by atomic mass is 16.5. The van der Waals surface area contributed by atoms with Crippen LogP contribution in [0, 0.1) is 0 Å². The van der Waals surface area contributed by atoms with E-state index in [9.17, 15) is 0 Å². The lowest BCUT2D eigenvalue weighted by Gasteiger charge is -2.14. The Hall–Kier alpha value is -2.89. The van der Waals surface area contributed by atoms with Gasteiger partial charge in [0.1, 0.15) is 5.75 Å². The molecule has 2 N–H and O–H groups in total. The molecule has 0 aromatic heterocycles. The molecule has 3 rings (SSSR count). The number of anilines is 1. The third kappa shape index (κ3) is 4.84. The van der Waals surface area contributed by atoms with E-state index in [0.717, 1.165) is 43.4 Å². The highest BCUT2D eigenvalue weighted by molar-refractivity contribution is 5.93. The number of aliphatic imine (C=N–C) groups is 1. The number of hydrogen-bond donors (Lipinski definition) is 2. The first-order chi connectivity index (χ1) is 13.2. The van der Waals surface area contributed by atoms with Crippen molar-refractivity contribution in [2.45, 2.75) is 19.8 Å². The second kappa shape index (κ2) is 9.16. The van der Waals surface area contributed by atoms with Gasteiger partial charge in [-0.2, -0.15) is 0 Å². The van der Waals surface area contributed by atoms with E-state index in [1.165, 1.54) is 11.1 Å². The molecule has 0 amide bonds. The van der Waals surface area contributed by atoms with Gasteiger partial charge in [-0.1, -0.05) is 12.1 Å². The molecule has 2 aromatic rings. The van der Waals surface area contributed by atoms with Crippen molar-refractivity contribution in [2.75, 3.05) is 39.2 Å². The van der Waals surface area contributed by atoms with Gasteiger partial charge in [0.05, 0.1) is 20.8 Å². The van der Waals surface area contributed by atoms with Gasteiger partial charge in [0.2, 0.25) is 0 Å². The number of fused-ring (bicyclic) bond motifs is 1. The SMILES string of the molecule is CCNC(=NCCc1ccc2c(c1)CCO2)Nc1ccc(OC)c(OC)c1. The molecule has 6 nitrogen and oxygen atoms in total. The fourth-order valence-electron chi connectivity index (χ4n) is 3.05. The minimum atomic E-state index is 0.679. The van der Waals surface area contributed by atoms with Gasteiger partial charge in [0.25, 0.3) is 0 Å². The number of guanidine groups is 1. The number of nitrogens with zero attached hydrogens (tertiary/aromatic N) is 1. The van der Waals surface area contributed by atoms with Crippen molar-refractivity contribution in [2.24, 2.45) is 4.99 Å². The second-order valence-corrected chi connectivity index (χ2v) is 6.25. The summed E-state index contributed by atoms with van der Waals surface area (Å²) in [6.07, 6.45) is 1.88. The van der Waals surface area contributed by atoms with Crippen LogP contribution in [-0.4, -0.2) is 39.9 Å². The van der Waals surface area contributed by atoms with Gasteiger partial charge in [0.15, 0.2) is 17.5 Å². The molecule has 1 aliphatic heterocycles. The summed E-state index contributed by atoms with van der Waals surface area (Å²) in [5.74, 6) is 3.14. The zero-order chi connectivity index (χ0) is 19.1. The van der Waals surface area contributed by atoms with E-state index in [1.54, 1.807) is 14.2 Å². The highest BCUT2D eigenvalue weighted by Crippen LogP contribution is 2.29. The molecule has 0 spiro atoms. The molecule has 0 fully saturated rings. The first-order valence-electron chi connectivity index (χ1n) is 9.25. The zero-order valence-electron chi connectivity index (χ0n) is 16.2. The maximum Gasteiger partial charge on any atom is 0.195 e. The van der Waals surface area contributed by atoms with Crippen LogP contribution in [0.2, 0.25) is 0 Å². The van der Waals surface area contributed by atoms with E-state index in [4.69, 9.17) is 14.2 Å². The smallest absolute Gasteiger partial charge is 0.195 e. The van der Waals surface area contributed by atoms with Crippen molar-refractivity contribution >= 4 is 11.6 Å². The first kappa shape index (κ1) is 18.9. The largest absolute Gasteiger partial charge is 0.493 e. The quantitative estimate of drug-likeness (QED) is 0.579. The van der Waals surface area contributed by atoms with E-state index in [2.05, 4.69) is 33.8 Å². The molecule has 144 valence electrons. The van der Waals surface area contributed by atoms with Crippen LogP contribution >= 0.6 is 0 Å². The minimum absolute atomic E-state index is 0.679. The molecule has 27 heavy (non-hydrogen) atoms. The lowest BCUT2D eigenvalue weighted by atomic mass is 10.1. The molecule has 0 unspecified atom stereocenters. The molecule has 6 heteroatoms. The summed E-state index contributed by atoms with van der Waals surface area (Å²) >= 11 is 0. The van der Waals surface area contributed by atoms with Crippen LogP contribution in [0.3, 0.4) is 0 Å². The van der Waals surface area contributed by atoms with Gasteiger partial charge in [-0.15, -0.1) is 0 Å². The molecular weight excluding hydrogens is 342 g/mol. The highest BCUT2D eigenvalue weighted by Gasteiger charge is 2.11. The Morgan fingerprint density at radius 1 is 1.11 bits per heavy atom. The van der Waals surface area contributed by atoms with Gasteiger partial charge >= 0.3 is 0 Å². The van der Waals surface area contributed by atoms with Crippen molar-refractivity contribution in [3.63, 3.8) is 0 Å². The number of benzene rings is 2. The molecular formula is C21H27N3O3. The standard InChI is InChI=1S/C21H27N3O3/c1-4-22-21(24-17-6-8-19(25-2)20(14-17)26-3)23-11-9-15-5-7-18-16(13-15)10-12-27-18/h5-8,13-14H,4,9-12H2,1-3H3,(H2,22,23,24).